The Labute approximate surface area is 350 Å². The number of hydrogen-bond acceptors (Lipinski definition) is 22. The van der Waals surface area contributed by atoms with Gasteiger partial charge in [-0.2, -0.15) is 0 Å². The highest BCUT2D eigenvalue weighted by Gasteiger charge is 2.50. The highest BCUT2D eigenvalue weighted by Crippen LogP contribution is 2.49. The molecule has 0 amide bonds. The number of benzene rings is 2. The fraction of sp³-hybridized carbons (Fsp3) is 0.579. The summed E-state index contributed by atoms with van der Waals surface area (Å²) in [7, 11) is 2.54. The predicted molar refractivity (Wildman–Crippen MR) is 198 cm³/mol. The molecule has 2 aromatic rings. The van der Waals surface area contributed by atoms with Crippen LogP contribution in [0.2, 0.25) is 0 Å². The number of carboxylic acid groups (broad SMARTS) is 1. The minimum absolute atomic E-state index is 0.00308. The first kappa shape index (κ1) is 46.7. The quantitative estimate of drug-likeness (QED) is 0.0494. The number of phenols is 2. The number of carboxylic acids is 1. The van der Waals surface area contributed by atoms with Crippen molar-refractivity contribution in [3.05, 3.63) is 41.2 Å². The van der Waals surface area contributed by atoms with E-state index in [-0.39, 0.29) is 45.6 Å². The third kappa shape index (κ3) is 9.71. The molecule has 0 aromatic heterocycles. The van der Waals surface area contributed by atoms with Gasteiger partial charge in [0.05, 0.1) is 38.6 Å². The average Bonchev–Trinajstić information content (AvgIpc) is 3.23. The molecule has 4 aliphatic heterocycles. The first-order valence-corrected chi connectivity index (χ1v) is 19.0. The maximum absolute atomic E-state index is 11.9. The van der Waals surface area contributed by atoms with Gasteiger partial charge in [0.15, 0.2) is 23.5 Å². The Bertz CT molecular complexity index is 1920. The summed E-state index contributed by atoms with van der Waals surface area (Å²) < 4.78 is 54.8. The van der Waals surface area contributed by atoms with Crippen LogP contribution >= 0.6 is 0 Å². The third-order valence-corrected chi connectivity index (χ3v) is 10.5. The Morgan fingerprint density at radius 3 is 1.79 bits per heavy atom. The summed E-state index contributed by atoms with van der Waals surface area (Å²) >= 11 is 0. The number of hydrogen-bond donors (Lipinski definition) is 12. The number of aliphatic hydroxyl groups is 10. The molecule has 24 nitrogen and oxygen atoms in total. The number of aliphatic hydroxyl groups excluding tert-OH is 9. The van der Waals surface area contributed by atoms with Gasteiger partial charge in [0.1, 0.15) is 97.2 Å². The number of fused-ring (bicyclic) bond motifs is 1. The van der Waals surface area contributed by atoms with Gasteiger partial charge in [-0.25, -0.2) is 0 Å². The van der Waals surface area contributed by atoms with Crippen LogP contribution in [0.4, 0.5) is 0 Å². The summed E-state index contributed by atoms with van der Waals surface area (Å²) in [6.45, 7) is 0.0326. The van der Waals surface area contributed by atoms with Crippen molar-refractivity contribution in [3.8, 4) is 34.5 Å². The van der Waals surface area contributed by atoms with E-state index in [1.807, 2.05) is 0 Å². The molecular weight excluding hydrogens is 840 g/mol. The van der Waals surface area contributed by atoms with Gasteiger partial charge in [0.2, 0.25) is 18.3 Å². The van der Waals surface area contributed by atoms with Crippen LogP contribution in [0.5, 0.6) is 34.5 Å². The molecule has 24 heteroatoms. The fourth-order valence-electron chi connectivity index (χ4n) is 7.03. The number of carbonyl (C=O) groups excluding carboxylic acids is 1. The molecule has 0 radical (unpaired) electrons. The molecule has 2 aromatic carbocycles. The Kier molecular flexibility index (Phi) is 14.5. The molecule has 0 bridgehead atoms. The Balaban J connectivity index is 1.33. The highest BCUT2D eigenvalue weighted by molar-refractivity contribution is 5.90. The minimum Gasteiger partial charge on any atom is -0.571 e. The zero-order chi connectivity index (χ0) is 45.3. The van der Waals surface area contributed by atoms with Crippen molar-refractivity contribution in [2.45, 2.75) is 112 Å². The summed E-state index contributed by atoms with van der Waals surface area (Å²) in [5.41, 5.74) is 0.211. The van der Waals surface area contributed by atoms with E-state index >= 15 is 0 Å². The van der Waals surface area contributed by atoms with Crippen LogP contribution in [0.25, 0.3) is 6.08 Å². The van der Waals surface area contributed by atoms with Gasteiger partial charge in [0, 0.05) is 12.1 Å². The average molecular weight is 890 g/mol. The second kappa shape index (κ2) is 19.3. The van der Waals surface area contributed by atoms with Crippen molar-refractivity contribution in [1.82, 2.24) is 0 Å². The van der Waals surface area contributed by atoms with E-state index in [1.165, 1.54) is 45.4 Å². The number of rotatable bonds is 14. The maximum atomic E-state index is 11.9. The molecule has 0 aliphatic carbocycles. The van der Waals surface area contributed by atoms with Crippen LogP contribution < -0.4 is 14.2 Å². The Hall–Kier alpha value is -4.80. The molecule has 4 aliphatic rings. The Morgan fingerprint density at radius 2 is 1.21 bits per heavy atom. The molecule has 62 heavy (non-hydrogen) atoms. The van der Waals surface area contributed by atoms with E-state index in [9.17, 15) is 65.8 Å². The van der Waals surface area contributed by atoms with Gasteiger partial charge in [-0.15, -0.1) is 0 Å². The lowest BCUT2D eigenvalue weighted by atomic mass is 9.98. The van der Waals surface area contributed by atoms with E-state index < -0.39 is 136 Å². The third-order valence-electron chi connectivity index (χ3n) is 10.5. The van der Waals surface area contributed by atoms with Crippen molar-refractivity contribution in [3.63, 3.8) is 0 Å². The normalized spacial score (nSPS) is 35.7. The molecule has 3 saturated heterocycles. The topological polar surface area (TPSA) is 373 Å². The van der Waals surface area contributed by atoms with E-state index in [2.05, 4.69) is 0 Å². The molecule has 1 unspecified atom stereocenters. The lowest BCUT2D eigenvalue weighted by molar-refractivity contribution is -0.325. The molecular formula is C38H49O24+. The molecule has 0 saturated carbocycles. The summed E-state index contributed by atoms with van der Waals surface area (Å²) in [6, 6.07) is 5.00. The van der Waals surface area contributed by atoms with Crippen molar-refractivity contribution in [1.29, 1.82) is 0 Å². The molecule has 344 valence electrons. The first-order valence-electron chi connectivity index (χ1n) is 19.0. The van der Waals surface area contributed by atoms with Crippen LogP contribution in [0.3, 0.4) is 0 Å². The maximum Gasteiger partial charge on any atom is 0.317 e. The standard InChI is InChI=1S/C38H48O24/c1-12-25(43)29(47)32(50)36(57-12)56-11-22-28(46)31(49)34(52)38(62-22)60-20-8-15-16(58-35(20)13-4-18(53-2)26(44)19(5-13)54-3)6-14(39)7-17(15)59-37-33(51)30(48)27(45)21(61-37)10-55-24(42)9-23(40)41/h4-8,12,21-22,25,27-39,43-52H,9-11H2,1-3H3,(H,40,41)/p+1/t12-,21+,22-,25+,27-,28-,29+,30+,31-,32+,33-,34-,35?,36-,37-,38-/m1/s1. The summed E-state index contributed by atoms with van der Waals surface area (Å²) in [5, 5.41) is 126. The van der Waals surface area contributed by atoms with Gasteiger partial charge >= 0.3 is 11.9 Å². The van der Waals surface area contributed by atoms with Gasteiger partial charge in [-0.05, 0) is 19.1 Å². The SMILES string of the molecule is COc1cc(C2[OH+]c3cc(O)cc(O[C@@H]4O[C@@H](COC(=O)CC(=O)O)[C@@H](O)[C@H](O)[C@H]4O)c3C=C2O[C@@H]2O[C@H](CO[C@@H]3O[C@H](C)[C@H](O)[C@H](O)[C@@H]3O)[C@@H](O)[C@@H](O)[C@H]2O)cc(OC)c1O. The van der Waals surface area contributed by atoms with Crippen LogP contribution in [0, 0.1) is 0 Å². The highest BCUT2D eigenvalue weighted by atomic mass is 16.7. The molecule has 4 heterocycles. The van der Waals surface area contributed by atoms with E-state index in [4.69, 9.17) is 52.5 Å². The fourth-order valence-corrected chi connectivity index (χ4v) is 7.03. The van der Waals surface area contributed by atoms with E-state index in [0.29, 0.717) is 0 Å². The van der Waals surface area contributed by atoms with Crippen LogP contribution in [-0.4, -0.2) is 198 Å². The zero-order valence-corrected chi connectivity index (χ0v) is 33.1. The molecule has 16 atom stereocenters. The van der Waals surface area contributed by atoms with Crippen molar-refractivity contribution in [2.75, 3.05) is 27.4 Å². The van der Waals surface area contributed by atoms with Gasteiger partial charge < -0.3 is 109 Å². The molecule has 6 rings (SSSR count). The predicted octanol–water partition coefficient (Wildman–Crippen LogP) is -3.68. The van der Waals surface area contributed by atoms with Gasteiger partial charge in [-0.3, -0.25) is 9.59 Å². The van der Waals surface area contributed by atoms with Crippen LogP contribution in [0.1, 0.15) is 30.6 Å². The van der Waals surface area contributed by atoms with Gasteiger partial charge in [0.25, 0.3) is 11.9 Å². The van der Waals surface area contributed by atoms with Crippen LogP contribution in [-0.2, 0) is 38.0 Å². The molecule has 13 N–H and O–H groups in total. The number of phenolic OH excluding ortho intramolecular Hbond substituents is 2. The lowest BCUT2D eigenvalue weighted by Crippen LogP contribution is -2.61. The minimum atomic E-state index is -1.96. The summed E-state index contributed by atoms with van der Waals surface area (Å²) in [5.74, 6) is -4.15. The number of aromatic hydroxyl groups is 3. The summed E-state index contributed by atoms with van der Waals surface area (Å²) in [6.07, 6.45) is -26.5. The number of carbonyl (C=O) groups is 2. The van der Waals surface area contributed by atoms with E-state index in [1.54, 1.807) is 0 Å². The summed E-state index contributed by atoms with van der Waals surface area (Å²) in [4.78, 5) is 22.8. The first-order chi connectivity index (χ1) is 29.3. The number of aliphatic carboxylic acids is 1. The number of esters is 1. The van der Waals surface area contributed by atoms with Crippen molar-refractivity contribution >= 4 is 18.0 Å². The number of ether oxygens (including phenoxy) is 10. The van der Waals surface area contributed by atoms with Crippen molar-refractivity contribution in [2.24, 2.45) is 0 Å². The van der Waals surface area contributed by atoms with Crippen LogP contribution in [0.15, 0.2) is 30.0 Å². The monoisotopic (exact) mass is 889 g/mol. The van der Waals surface area contributed by atoms with Crippen molar-refractivity contribution < 1.29 is 118 Å². The molecule has 0 spiro atoms. The largest absolute Gasteiger partial charge is 0.571 e. The smallest absolute Gasteiger partial charge is 0.317 e. The van der Waals surface area contributed by atoms with E-state index in [0.717, 1.165) is 6.07 Å². The second-order valence-electron chi connectivity index (χ2n) is 14.8. The van der Waals surface area contributed by atoms with Gasteiger partial charge in [-0.1, -0.05) is 0 Å². The number of methoxy groups -OCH3 is 2. The Morgan fingerprint density at radius 1 is 0.661 bits per heavy atom. The second-order valence-corrected chi connectivity index (χ2v) is 14.8. The lowest BCUT2D eigenvalue weighted by Gasteiger charge is -2.42. The molecule has 3 fully saturated rings. The zero-order valence-electron chi connectivity index (χ0n) is 33.1.